The maximum absolute atomic E-state index is 13.2. The van der Waals surface area contributed by atoms with Gasteiger partial charge in [0, 0.05) is 24.4 Å². The molecule has 7 nitrogen and oxygen atoms in total. The van der Waals surface area contributed by atoms with Gasteiger partial charge in [0.15, 0.2) is 0 Å². The molecule has 7 heteroatoms. The molecule has 1 saturated heterocycles. The maximum atomic E-state index is 13.2. The zero-order valence-corrected chi connectivity index (χ0v) is 19.8. The monoisotopic (exact) mass is 476 g/mol. The van der Waals surface area contributed by atoms with Crippen molar-refractivity contribution in [3.63, 3.8) is 0 Å². The van der Waals surface area contributed by atoms with E-state index in [2.05, 4.69) is 29.6 Å². The Hall–Kier alpha value is -3.35. The fourth-order valence-electron chi connectivity index (χ4n) is 6.04. The smallest absolute Gasteiger partial charge is 0.407 e. The van der Waals surface area contributed by atoms with Crippen LogP contribution in [-0.2, 0) is 14.3 Å². The number of amides is 2. The topological polar surface area (TPSA) is 95.9 Å². The van der Waals surface area contributed by atoms with Crippen LogP contribution in [0.25, 0.3) is 11.1 Å². The number of benzene rings is 2. The highest BCUT2D eigenvalue weighted by molar-refractivity contribution is 5.85. The molecule has 3 aliphatic rings. The van der Waals surface area contributed by atoms with Gasteiger partial charge in [0.05, 0.1) is 0 Å². The molecule has 0 spiro atoms. The number of nitrogens with one attached hydrogen (secondary N) is 1. The molecule has 1 saturated carbocycles. The minimum atomic E-state index is -0.929. The SMILES string of the molecule is O=C(N[C@H]1CCC[C@@H](C(=O)N2CCCC[C@@H]2C(=O)O)C1)OCC1c2ccccc2-c2ccccc21. The molecule has 5 rings (SSSR count). The molecular weight excluding hydrogens is 444 g/mol. The van der Waals surface area contributed by atoms with Crippen LogP contribution in [0, 0.1) is 5.92 Å². The van der Waals surface area contributed by atoms with Crippen LogP contribution in [0.15, 0.2) is 48.5 Å². The van der Waals surface area contributed by atoms with Crippen molar-refractivity contribution < 1.29 is 24.2 Å². The molecule has 0 bridgehead atoms. The van der Waals surface area contributed by atoms with Gasteiger partial charge in [-0.15, -0.1) is 0 Å². The van der Waals surface area contributed by atoms with E-state index in [1.54, 1.807) is 4.90 Å². The number of carboxylic acid groups (broad SMARTS) is 1. The minimum Gasteiger partial charge on any atom is -0.480 e. The van der Waals surface area contributed by atoms with Gasteiger partial charge in [-0.05, 0) is 60.8 Å². The number of piperidine rings is 1. The summed E-state index contributed by atoms with van der Waals surface area (Å²) in [6.07, 6.45) is 4.56. The van der Waals surface area contributed by atoms with Crippen LogP contribution in [-0.4, -0.2) is 53.2 Å². The Labute approximate surface area is 205 Å². The average molecular weight is 477 g/mol. The molecule has 35 heavy (non-hydrogen) atoms. The molecule has 184 valence electrons. The second-order valence-corrected chi connectivity index (χ2v) is 9.91. The van der Waals surface area contributed by atoms with E-state index in [0.717, 1.165) is 32.1 Å². The van der Waals surface area contributed by atoms with E-state index in [1.807, 2.05) is 24.3 Å². The normalized spacial score (nSPS) is 23.8. The summed E-state index contributed by atoms with van der Waals surface area (Å²) >= 11 is 0. The lowest BCUT2D eigenvalue weighted by Gasteiger charge is -2.37. The summed E-state index contributed by atoms with van der Waals surface area (Å²) in [5, 5.41) is 12.5. The summed E-state index contributed by atoms with van der Waals surface area (Å²) < 4.78 is 5.68. The van der Waals surface area contributed by atoms with E-state index in [9.17, 15) is 19.5 Å². The highest BCUT2D eigenvalue weighted by Gasteiger charge is 2.38. The fourth-order valence-corrected chi connectivity index (χ4v) is 6.04. The lowest BCUT2D eigenvalue weighted by Crippen LogP contribution is -2.51. The Bertz CT molecular complexity index is 1070. The van der Waals surface area contributed by atoms with Crippen molar-refractivity contribution in [2.75, 3.05) is 13.2 Å². The molecule has 2 fully saturated rings. The van der Waals surface area contributed by atoms with Crippen molar-refractivity contribution >= 4 is 18.0 Å². The number of rotatable bonds is 5. The number of ether oxygens (including phenoxy) is 1. The number of carbonyl (C=O) groups excluding carboxylic acids is 2. The Morgan fingerprint density at radius 1 is 0.914 bits per heavy atom. The third kappa shape index (κ3) is 4.77. The number of alkyl carbamates (subject to hydrolysis) is 1. The molecule has 2 aliphatic carbocycles. The summed E-state index contributed by atoms with van der Waals surface area (Å²) in [7, 11) is 0. The van der Waals surface area contributed by atoms with Crippen LogP contribution in [0.1, 0.15) is 62.0 Å². The highest BCUT2D eigenvalue weighted by atomic mass is 16.5. The van der Waals surface area contributed by atoms with Crippen molar-refractivity contribution in [3.05, 3.63) is 59.7 Å². The Balaban J connectivity index is 1.18. The van der Waals surface area contributed by atoms with Crippen molar-refractivity contribution in [3.8, 4) is 11.1 Å². The Morgan fingerprint density at radius 2 is 1.60 bits per heavy atom. The van der Waals surface area contributed by atoms with Gasteiger partial charge in [-0.2, -0.15) is 0 Å². The van der Waals surface area contributed by atoms with Crippen LogP contribution in [0.5, 0.6) is 0 Å². The average Bonchev–Trinajstić information content (AvgIpc) is 3.21. The number of hydrogen-bond donors (Lipinski definition) is 2. The van der Waals surface area contributed by atoms with Gasteiger partial charge in [0.2, 0.25) is 5.91 Å². The standard InChI is InChI=1S/C28H32N2O5/c31-26(30-15-6-5-14-25(30)27(32)33)18-8-7-9-19(16-18)29-28(34)35-17-24-22-12-3-1-10-20(22)21-11-2-4-13-23(21)24/h1-4,10-13,18-19,24-25H,5-9,14-17H2,(H,29,34)(H,32,33)/t18-,19+,25-/m1/s1. The number of nitrogens with zero attached hydrogens (tertiary/aromatic N) is 1. The highest BCUT2D eigenvalue weighted by Crippen LogP contribution is 2.44. The summed E-state index contributed by atoms with van der Waals surface area (Å²) in [6.45, 7) is 0.750. The zero-order chi connectivity index (χ0) is 24.4. The predicted octanol–water partition coefficient (Wildman–Crippen LogP) is 4.55. The van der Waals surface area contributed by atoms with Crippen molar-refractivity contribution in [2.24, 2.45) is 5.92 Å². The van der Waals surface area contributed by atoms with E-state index in [0.29, 0.717) is 19.4 Å². The summed E-state index contributed by atoms with van der Waals surface area (Å²) in [4.78, 5) is 39.0. The first-order valence-electron chi connectivity index (χ1n) is 12.7. The second-order valence-electron chi connectivity index (χ2n) is 9.91. The van der Waals surface area contributed by atoms with Gasteiger partial charge in [0.1, 0.15) is 12.6 Å². The number of fused-ring (bicyclic) bond motifs is 3. The van der Waals surface area contributed by atoms with Gasteiger partial charge in [-0.3, -0.25) is 4.79 Å². The molecule has 1 aliphatic heterocycles. The molecule has 1 heterocycles. The maximum Gasteiger partial charge on any atom is 0.407 e. The van der Waals surface area contributed by atoms with Gasteiger partial charge in [0.25, 0.3) is 0 Å². The largest absolute Gasteiger partial charge is 0.480 e. The fraction of sp³-hybridized carbons (Fsp3) is 0.464. The third-order valence-corrected chi connectivity index (χ3v) is 7.76. The molecule has 3 atom stereocenters. The number of hydrogen-bond acceptors (Lipinski definition) is 4. The summed E-state index contributed by atoms with van der Waals surface area (Å²) in [6, 6.07) is 15.6. The first-order chi connectivity index (χ1) is 17.0. The number of aliphatic carboxylic acids is 1. The van der Waals surface area contributed by atoms with Crippen LogP contribution in [0.4, 0.5) is 4.79 Å². The zero-order valence-electron chi connectivity index (χ0n) is 19.8. The lowest BCUT2D eigenvalue weighted by atomic mass is 9.84. The molecular formula is C28H32N2O5. The Kier molecular flexibility index (Phi) is 6.75. The first kappa shape index (κ1) is 23.4. The molecule has 0 unspecified atom stereocenters. The van der Waals surface area contributed by atoms with Crippen LogP contribution < -0.4 is 5.32 Å². The van der Waals surface area contributed by atoms with E-state index < -0.39 is 18.1 Å². The Morgan fingerprint density at radius 3 is 2.29 bits per heavy atom. The molecule has 2 aromatic rings. The van der Waals surface area contributed by atoms with E-state index in [4.69, 9.17) is 4.74 Å². The molecule has 2 aromatic carbocycles. The van der Waals surface area contributed by atoms with E-state index in [-0.39, 0.29) is 30.4 Å². The summed E-state index contributed by atoms with van der Waals surface area (Å²) in [5.74, 6) is -1.28. The lowest BCUT2D eigenvalue weighted by molar-refractivity contribution is -0.154. The van der Waals surface area contributed by atoms with Gasteiger partial charge in [-0.1, -0.05) is 55.0 Å². The molecule has 2 N–H and O–H groups in total. The minimum absolute atomic E-state index is 0.000820. The molecule has 0 radical (unpaired) electrons. The molecule has 2 amide bonds. The van der Waals surface area contributed by atoms with Crippen LogP contribution in [0.2, 0.25) is 0 Å². The predicted molar refractivity (Wildman–Crippen MR) is 131 cm³/mol. The number of likely N-dealkylation sites (tertiary alicyclic amines) is 1. The number of carboxylic acids is 1. The van der Waals surface area contributed by atoms with Gasteiger partial charge < -0.3 is 20.1 Å². The first-order valence-corrected chi connectivity index (χ1v) is 12.7. The van der Waals surface area contributed by atoms with Crippen LogP contribution >= 0.6 is 0 Å². The van der Waals surface area contributed by atoms with Gasteiger partial charge in [-0.25, -0.2) is 9.59 Å². The third-order valence-electron chi connectivity index (χ3n) is 7.76. The quantitative estimate of drug-likeness (QED) is 0.660. The van der Waals surface area contributed by atoms with Crippen molar-refractivity contribution in [1.82, 2.24) is 10.2 Å². The number of carbonyl (C=O) groups is 3. The van der Waals surface area contributed by atoms with Crippen molar-refractivity contribution in [1.29, 1.82) is 0 Å². The van der Waals surface area contributed by atoms with Gasteiger partial charge >= 0.3 is 12.1 Å². The van der Waals surface area contributed by atoms with Crippen molar-refractivity contribution in [2.45, 2.75) is 62.9 Å². The van der Waals surface area contributed by atoms with E-state index in [1.165, 1.54) is 22.3 Å². The molecule has 0 aromatic heterocycles. The van der Waals surface area contributed by atoms with E-state index >= 15 is 0 Å². The second kappa shape index (κ2) is 10.1. The van der Waals surface area contributed by atoms with Crippen LogP contribution in [0.3, 0.4) is 0 Å². The summed E-state index contributed by atoms with van der Waals surface area (Å²) in [5.41, 5.74) is 4.70.